The van der Waals surface area contributed by atoms with E-state index in [1.807, 2.05) is 0 Å². The molecule has 0 bridgehead atoms. The van der Waals surface area contributed by atoms with Crippen molar-refractivity contribution in [3.05, 3.63) is 0 Å². The zero-order valence-corrected chi connectivity index (χ0v) is 4.76. The van der Waals surface area contributed by atoms with Crippen LogP contribution < -0.4 is 0 Å². The molecule has 0 N–H and O–H groups in total. The van der Waals surface area contributed by atoms with Gasteiger partial charge in [-0.25, -0.2) is 4.39 Å². The van der Waals surface area contributed by atoms with Crippen LogP contribution in [0.25, 0.3) is 0 Å². The van der Waals surface area contributed by atoms with Gasteiger partial charge in [0.1, 0.15) is 12.5 Å². The van der Waals surface area contributed by atoms with Crippen LogP contribution in [0.1, 0.15) is 6.42 Å². The van der Waals surface area contributed by atoms with E-state index in [0.29, 0.717) is 6.29 Å². The van der Waals surface area contributed by atoms with Crippen LogP contribution in [0.4, 0.5) is 4.39 Å². The number of hydrogen-bond acceptors (Lipinski definition) is 2. The minimum atomic E-state index is -1.13. The third-order valence-corrected chi connectivity index (χ3v) is 0.699. The normalized spacial score (nSPS) is 13.2. The van der Waals surface area contributed by atoms with Crippen molar-refractivity contribution >= 4 is 6.29 Å². The van der Waals surface area contributed by atoms with Gasteiger partial charge in [-0.2, -0.15) is 0 Å². The van der Waals surface area contributed by atoms with Gasteiger partial charge in [0.2, 0.25) is 0 Å². The largest absolute Gasteiger partial charge is 0.382 e. The van der Waals surface area contributed by atoms with Crippen molar-refractivity contribution in [3.63, 3.8) is 0 Å². The molecule has 0 saturated heterocycles. The SMILES string of the molecule is COC[C@H](F)CC=O. The van der Waals surface area contributed by atoms with Crippen LogP contribution in [0.5, 0.6) is 0 Å². The molecule has 0 heterocycles. The Kier molecular flexibility index (Phi) is 4.45. The van der Waals surface area contributed by atoms with Gasteiger partial charge in [0, 0.05) is 13.5 Å². The molecule has 0 aliphatic rings. The molecule has 0 rings (SSSR count). The average molecular weight is 120 g/mol. The number of carbonyl (C=O) groups is 1. The number of alkyl halides is 1. The number of ether oxygens (including phenoxy) is 1. The Labute approximate surface area is 47.6 Å². The highest BCUT2D eigenvalue weighted by Crippen LogP contribution is 1.93. The van der Waals surface area contributed by atoms with Crippen molar-refractivity contribution < 1.29 is 13.9 Å². The molecule has 0 radical (unpaired) electrons. The molecule has 0 aliphatic heterocycles. The maximum atomic E-state index is 12.0. The monoisotopic (exact) mass is 120 g/mol. The molecule has 0 aromatic carbocycles. The fraction of sp³-hybridized carbons (Fsp3) is 0.800. The highest BCUT2D eigenvalue weighted by molar-refractivity contribution is 5.50. The summed E-state index contributed by atoms with van der Waals surface area (Å²) in [4.78, 5) is 9.59. The number of methoxy groups -OCH3 is 1. The van der Waals surface area contributed by atoms with E-state index in [1.54, 1.807) is 0 Å². The summed E-state index contributed by atoms with van der Waals surface area (Å²) >= 11 is 0. The van der Waals surface area contributed by atoms with Gasteiger partial charge in [-0.3, -0.25) is 0 Å². The van der Waals surface area contributed by atoms with E-state index in [-0.39, 0.29) is 13.0 Å². The topological polar surface area (TPSA) is 26.3 Å². The number of hydrogen-bond donors (Lipinski definition) is 0. The summed E-state index contributed by atoms with van der Waals surface area (Å²) in [6, 6.07) is 0. The fourth-order valence-electron chi connectivity index (χ4n) is 0.353. The van der Waals surface area contributed by atoms with Crippen LogP contribution in [-0.2, 0) is 9.53 Å². The Morgan fingerprint density at radius 3 is 2.88 bits per heavy atom. The lowest BCUT2D eigenvalue weighted by Crippen LogP contribution is -2.08. The standard InChI is InChI=1S/C5H9FO2/c1-8-4-5(6)2-3-7/h3,5H,2,4H2,1H3/t5-/m1/s1. The van der Waals surface area contributed by atoms with E-state index in [2.05, 4.69) is 4.74 Å². The summed E-state index contributed by atoms with van der Waals surface area (Å²) in [5.41, 5.74) is 0. The molecule has 0 amide bonds. The highest BCUT2D eigenvalue weighted by atomic mass is 19.1. The first-order chi connectivity index (χ1) is 3.81. The van der Waals surface area contributed by atoms with Gasteiger partial charge in [0.25, 0.3) is 0 Å². The second-order valence-corrected chi connectivity index (χ2v) is 1.45. The van der Waals surface area contributed by atoms with Gasteiger partial charge in [-0.05, 0) is 0 Å². The molecule has 0 aromatic heterocycles. The lowest BCUT2D eigenvalue weighted by atomic mass is 10.3. The number of halogens is 1. The first-order valence-corrected chi connectivity index (χ1v) is 2.38. The van der Waals surface area contributed by atoms with Crippen LogP contribution in [-0.4, -0.2) is 26.2 Å². The van der Waals surface area contributed by atoms with Crippen LogP contribution in [0.2, 0.25) is 0 Å². The van der Waals surface area contributed by atoms with E-state index < -0.39 is 6.17 Å². The third-order valence-electron chi connectivity index (χ3n) is 0.699. The van der Waals surface area contributed by atoms with Gasteiger partial charge < -0.3 is 9.53 Å². The van der Waals surface area contributed by atoms with Crippen molar-refractivity contribution in [1.29, 1.82) is 0 Å². The van der Waals surface area contributed by atoms with Gasteiger partial charge in [-0.1, -0.05) is 0 Å². The number of carbonyl (C=O) groups excluding carboxylic acids is 1. The first-order valence-electron chi connectivity index (χ1n) is 2.38. The van der Waals surface area contributed by atoms with E-state index in [0.717, 1.165) is 0 Å². The van der Waals surface area contributed by atoms with Gasteiger partial charge in [0.05, 0.1) is 6.61 Å². The highest BCUT2D eigenvalue weighted by Gasteiger charge is 2.01. The van der Waals surface area contributed by atoms with E-state index >= 15 is 0 Å². The molecular weight excluding hydrogens is 111 g/mol. The molecule has 0 fully saturated rings. The molecule has 0 spiro atoms. The second-order valence-electron chi connectivity index (χ2n) is 1.45. The van der Waals surface area contributed by atoms with Crippen molar-refractivity contribution in [3.8, 4) is 0 Å². The summed E-state index contributed by atoms with van der Waals surface area (Å²) in [6.45, 7) is 0.0126. The molecule has 48 valence electrons. The lowest BCUT2D eigenvalue weighted by Gasteiger charge is -1.98. The van der Waals surface area contributed by atoms with E-state index in [9.17, 15) is 9.18 Å². The Morgan fingerprint density at radius 2 is 2.50 bits per heavy atom. The first kappa shape index (κ1) is 7.56. The second kappa shape index (κ2) is 4.71. The van der Waals surface area contributed by atoms with Gasteiger partial charge in [0.15, 0.2) is 0 Å². The summed E-state index contributed by atoms with van der Waals surface area (Å²) in [5.74, 6) is 0. The molecule has 0 saturated carbocycles. The summed E-state index contributed by atoms with van der Waals surface area (Å²) in [5, 5.41) is 0. The fourth-order valence-corrected chi connectivity index (χ4v) is 0.353. The quantitative estimate of drug-likeness (QED) is 0.507. The lowest BCUT2D eigenvalue weighted by molar-refractivity contribution is -0.109. The van der Waals surface area contributed by atoms with Crippen LogP contribution in [0.15, 0.2) is 0 Å². The minimum Gasteiger partial charge on any atom is -0.382 e. The van der Waals surface area contributed by atoms with Crippen LogP contribution >= 0.6 is 0 Å². The van der Waals surface area contributed by atoms with Crippen molar-refractivity contribution in [2.24, 2.45) is 0 Å². The Balaban J connectivity index is 3.03. The third kappa shape index (κ3) is 3.74. The summed E-state index contributed by atoms with van der Waals surface area (Å²) < 4.78 is 16.5. The van der Waals surface area contributed by atoms with Crippen LogP contribution in [0.3, 0.4) is 0 Å². The average Bonchev–Trinajstić information content (AvgIpc) is 1.68. The zero-order valence-electron chi connectivity index (χ0n) is 4.76. The molecule has 8 heavy (non-hydrogen) atoms. The number of aldehydes is 1. The maximum Gasteiger partial charge on any atom is 0.130 e. The predicted octanol–water partition coefficient (Wildman–Crippen LogP) is 0.560. The molecule has 1 atom stereocenters. The van der Waals surface area contributed by atoms with Gasteiger partial charge >= 0.3 is 0 Å². The minimum absolute atomic E-state index is 0.0126. The zero-order chi connectivity index (χ0) is 6.41. The Bertz CT molecular complexity index is 65.4. The molecule has 3 heteroatoms. The molecule has 0 unspecified atom stereocenters. The van der Waals surface area contributed by atoms with E-state index in [1.165, 1.54) is 7.11 Å². The van der Waals surface area contributed by atoms with E-state index in [4.69, 9.17) is 0 Å². The smallest absolute Gasteiger partial charge is 0.130 e. The van der Waals surface area contributed by atoms with Crippen molar-refractivity contribution in [1.82, 2.24) is 0 Å². The predicted molar refractivity (Wildman–Crippen MR) is 27.5 cm³/mol. The Morgan fingerprint density at radius 1 is 1.88 bits per heavy atom. The van der Waals surface area contributed by atoms with Crippen molar-refractivity contribution in [2.45, 2.75) is 12.6 Å². The Hall–Kier alpha value is -0.440. The van der Waals surface area contributed by atoms with Crippen molar-refractivity contribution in [2.75, 3.05) is 13.7 Å². The van der Waals surface area contributed by atoms with Gasteiger partial charge in [-0.15, -0.1) is 0 Å². The van der Waals surface area contributed by atoms with Crippen LogP contribution in [0, 0.1) is 0 Å². The molecular formula is C5H9FO2. The summed E-state index contributed by atoms with van der Waals surface area (Å²) in [6.07, 6.45) is -0.644. The maximum absolute atomic E-state index is 12.0. The molecule has 2 nitrogen and oxygen atoms in total. The molecule has 0 aromatic rings. The summed E-state index contributed by atoms with van der Waals surface area (Å²) in [7, 11) is 1.40. The molecule has 0 aliphatic carbocycles. The number of rotatable bonds is 4.